The van der Waals surface area contributed by atoms with Crippen LogP contribution in [0.4, 0.5) is 0 Å². The summed E-state index contributed by atoms with van der Waals surface area (Å²) in [6.07, 6.45) is 15.5. The lowest BCUT2D eigenvalue weighted by Crippen LogP contribution is -2.27. The number of imidazole rings is 2. The lowest BCUT2D eigenvalue weighted by molar-refractivity contribution is -0.132. The van der Waals surface area contributed by atoms with Crippen LogP contribution in [0.25, 0.3) is 11.1 Å². The van der Waals surface area contributed by atoms with Gasteiger partial charge < -0.3 is 43.7 Å². The quantitative estimate of drug-likeness (QED) is 0.129. The number of aryl methyl sites for hydroxylation is 3. The molecule has 15 heteroatoms. The van der Waals surface area contributed by atoms with Gasteiger partial charge in [0.1, 0.15) is 24.2 Å². The monoisotopic (exact) mass is 820 g/mol. The molecule has 0 amide bonds. The number of aliphatic hydroxyl groups excluding tert-OH is 1. The molecule has 0 atom stereocenters. The number of hydrogen-bond donors (Lipinski definition) is 3. The van der Waals surface area contributed by atoms with E-state index in [-0.39, 0.29) is 19.6 Å². The normalized spacial score (nSPS) is 16.2. The molecule has 0 unspecified atom stereocenters. The number of carbonyl (C=O) groups excluding carboxylic acids is 2. The Kier molecular flexibility index (Phi) is 16.9. The summed E-state index contributed by atoms with van der Waals surface area (Å²) in [4.78, 5) is 52.0. The second-order valence-electron chi connectivity index (χ2n) is 14.5. The molecule has 2 aromatic carbocycles. The SMILES string of the molecule is CN1CCC(=C2c3ccccc3CCn3c(CO)cnc32)CC1.CN1CCC(=C2c3ccccc3CCn3ccnc32)CC1.O=CO/C=C/C(=O)O.O=CO/C=C/C(=O)O. The highest BCUT2D eigenvalue weighted by Gasteiger charge is 2.26. The first-order chi connectivity index (χ1) is 29.1. The van der Waals surface area contributed by atoms with Crippen LogP contribution in [-0.2, 0) is 61.2 Å². The van der Waals surface area contributed by atoms with E-state index in [0.717, 1.165) is 102 Å². The van der Waals surface area contributed by atoms with Crippen molar-refractivity contribution in [3.05, 3.63) is 143 Å². The number of piperidine rings is 2. The van der Waals surface area contributed by atoms with Crippen LogP contribution in [0.3, 0.4) is 0 Å². The number of carboxylic acid groups (broad SMARTS) is 2. The summed E-state index contributed by atoms with van der Waals surface area (Å²) in [5, 5.41) is 25.4. The van der Waals surface area contributed by atoms with Gasteiger partial charge >= 0.3 is 11.9 Å². The molecule has 4 aromatic rings. The summed E-state index contributed by atoms with van der Waals surface area (Å²) >= 11 is 0. The van der Waals surface area contributed by atoms with E-state index in [1.807, 2.05) is 12.4 Å². The van der Waals surface area contributed by atoms with Crippen molar-refractivity contribution >= 4 is 36.0 Å². The molecule has 0 bridgehead atoms. The Balaban J connectivity index is 0.000000169. The van der Waals surface area contributed by atoms with Crippen LogP contribution in [0.2, 0.25) is 0 Å². The van der Waals surface area contributed by atoms with E-state index in [2.05, 4.69) is 102 Å². The number of aliphatic hydroxyl groups is 1. The number of aliphatic carboxylic acids is 2. The van der Waals surface area contributed by atoms with Crippen molar-refractivity contribution in [2.75, 3.05) is 40.3 Å². The first kappa shape index (κ1) is 44.7. The molecule has 0 aliphatic carbocycles. The van der Waals surface area contributed by atoms with Crippen LogP contribution in [0, 0.1) is 0 Å². The third-order valence-corrected chi connectivity index (χ3v) is 10.6. The van der Waals surface area contributed by atoms with E-state index in [1.165, 1.54) is 44.8 Å². The zero-order chi connectivity index (χ0) is 42.9. The number of benzene rings is 2. The smallest absolute Gasteiger partial charge is 0.331 e. The molecular weight excluding hydrogens is 769 g/mol. The van der Waals surface area contributed by atoms with Gasteiger partial charge in [0.2, 0.25) is 0 Å². The van der Waals surface area contributed by atoms with Gasteiger partial charge in [-0.1, -0.05) is 59.7 Å². The van der Waals surface area contributed by atoms with Crippen molar-refractivity contribution in [3.8, 4) is 0 Å². The van der Waals surface area contributed by atoms with Gasteiger partial charge in [-0.25, -0.2) is 19.6 Å². The largest absolute Gasteiger partial charge is 0.478 e. The molecule has 2 saturated heterocycles. The van der Waals surface area contributed by atoms with Crippen molar-refractivity contribution in [1.29, 1.82) is 0 Å². The lowest BCUT2D eigenvalue weighted by Gasteiger charge is -2.26. The summed E-state index contributed by atoms with van der Waals surface area (Å²) in [7, 11) is 4.40. The highest BCUT2D eigenvalue weighted by atomic mass is 16.5. The Morgan fingerprint density at radius 3 is 1.63 bits per heavy atom. The summed E-state index contributed by atoms with van der Waals surface area (Å²) in [6, 6.07) is 17.6. The number of likely N-dealkylation sites (tertiary alicyclic amines) is 2. The molecule has 3 N–H and O–H groups in total. The minimum atomic E-state index is -1.15. The van der Waals surface area contributed by atoms with Crippen molar-refractivity contribution in [2.45, 2.75) is 58.2 Å². The number of aromatic nitrogens is 4. The summed E-state index contributed by atoms with van der Waals surface area (Å²) in [5.74, 6) is -0.0863. The van der Waals surface area contributed by atoms with E-state index < -0.39 is 11.9 Å². The summed E-state index contributed by atoms with van der Waals surface area (Å²) in [5.41, 5.74) is 12.3. The van der Waals surface area contributed by atoms with Gasteiger partial charge in [-0.3, -0.25) is 9.59 Å². The minimum Gasteiger partial charge on any atom is -0.478 e. The molecule has 4 aliphatic rings. The molecule has 6 heterocycles. The number of nitrogens with zero attached hydrogens (tertiary/aromatic N) is 6. The van der Waals surface area contributed by atoms with Crippen LogP contribution in [-0.4, -0.2) is 109 Å². The zero-order valence-electron chi connectivity index (χ0n) is 34.0. The predicted octanol–water partition coefficient (Wildman–Crippen LogP) is 4.94. The zero-order valence-corrected chi connectivity index (χ0v) is 34.0. The Hall–Kier alpha value is -6.42. The van der Waals surface area contributed by atoms with E-state index in [9.17, 15) is 24.3 Å². The molecule has 316 valence electrons. The predicted molar refractivity (Wildman–Crippen MR) is 224 cm³/mol. The van der Waals surface area contributed by atoms with Crippen LogP contribution >= 0.6 is 0 Å². The number of carboxylic acids is 2. The fourth-order valence-corrected chi connectivity index (χ4v) is 7.62. The van der Waals surface area contributed by atoms with Gasteiger partial charge in [0.15, 0.2) is 0 Å². The molecule has 15 nitrogen and oxygen atoms in total. The third-order valence-electron chi connectivity index (χ3n) is 10.6. The van der Waals surface area contributed by atoms with Crippen molar-refractivity contribution < 1.29 is 44.0 Å². The van der Waals surface area contributed by atoms with E-state index in [0.29, 0.717) is 12.2 Å². The van der Waals surface area contributed by atoms with Gasteiger partial charge in [-0.15, -0.1) is 0 Å². The third kappa shape index (κ3) is 12.1. The van der Waals surface area contributed by atoms with Gasteiger partial charge in [-0.2, -0.15) is 0 Å². The lowest BCUT2D eigenvalue weighted by atomic mass is 9.90. The van der Waals surface area contributed by atoms with E-state index >= 15 is 0 Å². The maximum absolute atomic E-state index is 9.64. The molecule has 0 saturated carbocycles. The number of hydrogen-bond acceptors (Lipinski definition) is 11. The van der Waals surface area contributed by atoms with E-state index in [4.69, 9.17) is 15.2 Å². The van der Waals surface area contributed by atoms with Crippen molar-refractivity contribution in [2.24, 2.45) is 0 Å². The molecule has 4 aliphatic heterocycles. The highest BCUT2D eigenvalue weighted by molar-refractivity contribution is 5.83. The topological polar surface area (TPSA) is 190 Å². The Morgan fingerprint density at radius 2 is 1.15 bits per heavy atom. The fraction of sp³-hybridized carbons (Fsp3) is 0.333. The first-order valence-electron chi connectivity index (χ1n) is 19.8. The molecule has 60 heavy (non-hydrogen) atoms. The van der Waals surface area contributed by atoms with Crippen LogP contribution < -0.4 is 0 Å². The van der Waals surface area contributed by atoms with Gasteiger partial charge in [0, 0.05) is 62.8 Å². The van der Waals surface area contributed by atoms with Crippen LogP contribution in [0.5, 0.6) is 0 Å². The molecular formula is C45H52N6O9. The summed E-state index contributed by atoms with van der Waals surface area (Å²) < 4.78 is 12.3. The van der Waals surface area contributed by atoms with Crippen LogP contribution in [0.15, 0.2) is 103 Å². The molecule has 0 radical (unpaired) electrons. The Morgan fingerprint density at radius 1 is 0.667 bits per heavy atom. The average Bonchev–Trinajstić information content (AvgIpc) is 3.81. The molecule has 2 fully saturated rings. The fourth-order valence-electron chi connectivity index (χ4n) is 7.62. The standard InChI is InChI=1S/C19H23N3O.C18H21N3.2C4H4O4/c1-21-9-6-15(7-10-21)18-17-5-3-2-4-14(17)8-11-22-16(13-23)12-20-19(18)22;1-20-10-6-15(7-11-20)17-16-5-3-2-4-14(16)8-12-21-13-9-19-18(17)21;2*5-3-8-2-1-4(6)7/h2-5,12,23H,6-11,13H2,1H3;2-5,9,13H,6-8,10-12H2,1H3;2*1-3H,(H,6,7)/b;;2*2-1+. The summed E-state index contributed by atoms with van der Waals surface area (Å²) in [6.45, 7) is 6.77. The number of fused-ring (bicyclic) bond motifs is 4. The minimum absolute atomic E-state index is 0.0503. The number of carbonyl (C=O) groups is 4. The maximum Gasteiger partial charge on any atom is 0.331 e. The molecule has 0 spiro atoms. The van der Waals surface area contributed by atoms with Gasteiger partial charge in [0.25, 0.3) is 12.9 Å². The molecule has 8 rings (SSSR count). The van der Waals surface area contributed by atoms with Crippen molar-refractivity contribution in [3.63, 3.8) is 0 Å². The van der Waals surface area contributed by atoms with E-state index in [1.54, 1.807) is 5.57 Å². The second kappa shape index (κ2) is 22.7. The average molecular weight is 821 g/mol. The van der Waals surface area contributed by atoms with Gasteiger partial charge in [0.05, 0.1) is 30.6 Å². The number of ether oxygens (including phenoxy) is 2. The highest BCUT2D eigenvalue weighted by Crippen LogP contribution is 2.37. The maximum atomic E-state index is 9.64. The molecule has 2 aromatic heterocycles. The first-order valence-corrected chi connectivity index (χ1v) is 19.8. The Labute approximate surface area is 349 Å². The number of rotatable bonds is 7. The Bertz CT molecular complexity index is 2180. The van der Waals surface area contributed by atoms with Crippen molar-refractivity contribution in [1.82, 2.24) is 28.9 Å². The van der Waals surface area contributed by atoms with Gasteiger partial charge in [-0.05, 0) is 74.9 Å². The second-order valence-corrected chi connectivity index (χ2v) is 14.5. The van der Waals surface area contributed by atoms with Crippen LogP contribution in [0.1, 0.15) is 65.3 Å².